The Morgan fingerprint density at radius 1 is 0.552 bits per heavy atom. The van der Waals surface area contributed by atoms with Crippen LogP contribution in [0.4, 0.5) is 0 Å². The zero-order chi connectivity index (χ0) is 19.9. The first-order valence-electron chi connectivity index (χ1n) is 9.52. The van der Waals surface area contributed by atoms with Crippen LogP contribution in [-0.4, -0.2) is 28.5 Å². The van der Waals surface area contributed by atoms with Gasteiger partial charge in [0.15, 0.2) is 0 Å². The molecule has 0 spiro atoms. The average molecular weight is 501 g/mol. The van der Waals surface area contributed by atoms with Crippen LogP contribution in [0.1, 0.15) is 0 Å². The van der Waals surface area contributed by atoms with Gasteiger partial charge in [-0.25, -0.2) is 0 Å². The molecule has 0 aliphatic carbocycles. The van der Waals surface area contributed by atoms with Crippen LogP contribution in [-0.2, 0) is 0 Å². The number of benzene rings is 4. The zero-order valence-corrected chi connectivity index (χ0v) is 19.5. The Kier molecular flexibility index (Phi) is 6.33. The molecule has 0 aromatic heterocycles. The normalized spacial score (nSPS) is 12.1. The third-order valence-corrected chi connectivity index (χ3v) is 20.1. The molecule has 29 heavy (non-hydrogen) atoms. The molecular formula is C26H21AsNSe+. The van der Waals surface area contributed by atoms with Crippen LogP contribution in [0.2, 0.25) is 3.60 Å². The Morgan fingerprint density at radius 2 is 0.897 bits per heavy atom. The Balaban J connectivity index is 2.01. The van der Waals surface area contributed by atoms with Gasteiger partial charge in [0.1, 0.15) is 0 Å². The van der Waals surface area contributed by atoms with E-state index in [-0.39, 0.29) is 18.6 Å². The molecule has 0 radical (unpaired) electrons. The summed E-state index contributed by atoms with van der Waals surface area (Å²) in [5.74, 6) is 0. The van der Waals surface area contributed by atoms with E-state index in [0.717, 1.165) is 0 Å². The van der Waals surface area contributed by atoms with Gasteiger partial charge >= 0.3 is 182 Å². The van der Waals surface area contributed by atoms with Crippen molar-refractivity contribution in [3.63, 3.8) is 0 Å². The van der Waals surface area contributed by atoms with Gasteiger partial charge in [-0.1, -0.05) is 0 Å². The average Bonchev–Trinajstić information content (AvgIpc) is 2.82. The summed E-state index contributed by atoms with van der Waals surface area (Å²) in [4.78, 5) is 0. The zero-order valence-electron chi connectivity index (χ0n) is 15.9. The summed E-state index contributed by atoms with van der Waals surface area (Å²) in [5.41, 5.74) is 0. The van der Waals surface area contributed by atoms with E-state index in [0.29, 0.717) is 0 Å². The topological polar surface area (TPSA) is 23.8 Å². The Bertz CT molecular complexity index is 980. The molecule has 0 saturated carbocycles. The minimum absolute atomic E-state index is 0.0322. The second-order valence-electron chi connectivity index (χ2n) is 6.64. The van der Waals surface area contributed by atoms with E-state index in [9.17, 15) is 5.26 Å². The first-order valence-corrected chi connectivity index (χ1v) is 15.3. The summed E-state index contributed by atoms with van der Waals surface area (Å²) in [6.45, 7) is 0. The maximum atomic E-state index is 10.5. The monoisotopic (exact) mass is 502 g/mol. The van der Waals surface area contributed by atoms with Gasteiger partial charge in [-0.05, 0) is 0 Å². The molecule has 0 aliphatic rings. The van der Waals surface area contributed by atoms with Crippen molar-refractivity contribution in [1.82, 2.24) is 0 Å². The van der Waals surface area contributed by atoms with Crippen LogP contribution in [0.15, 0.2) is 121 Å². The first-order chi connectivity index (χ1) is 14.4. The van der Waals surface area contributed by atoms with Crippen LogP contribution in [0.3, 0.4) is 0 Å². The van der Waals surface area contributed by atoms with Gasteiger partial charge in [0.05, 0.1) is 0 Å². The van der Waals surface area contributed by atoms with Gasteiger partial charge in [0.25, 0.3) is 0 Å². The van der Waals surface area contributed by atoms with Crippen LogP contribution in [0, 0.1) is 11.3 Å². The molecule has 4 aromatic rings. The Labute approximate surface area is 181 Å². The summed E-state index contributed by atoms with van der Waals surface area (Å²) in [5, 5.41) is 10.5. The predicted molar refractivity (Wildman–Crippen MR) is 125 cm³/mol. The number of hydrogen-bond acceptors (Lipinski definition) is 1. The summed E-state index contributed by atoms with van der Waals surface area (Å²) in [7, 11) is 0. The molecule has 0 bridgehead atoms. The third kappa shape index (κ3) is 3.96. The van der Waals surface area contributed by atoms with Gasteiger partial charge in [-0.3, -0.25) is 0 Å². The van der Waals surface area contributed by atoms with E-state index >= 15 is 0 Å². The molecule has 0 aliphatic heterocycles. The molecule has 1 nitrogen and oxygen atoms in total. The van der Waals surface area contributed by atoms with Gasteiger partial charge in [-0.15, -0.1) is 0 Å². The van der Waals surface area contributed by atoms with Gasteiger partial charge in [-0.2, -0.15) is 0 Å². The van der Waals surface area contributed by atoms with E-state index in [1.54, 1.807) is 0 Å². The second kappa shape index (κ2) is 9.30. The number of nitriles is 1. The fourth-order valence-electron chi connectivity index (χ4n) is 3.66. The van der Waals surface area contributed by atoms with Crippen LogP contribution < -0.4 is 17.5 Å². The SMILES string of the molecule is N#CC([Se]c1ccccc1)[As+](c1ccccc1)(c1ccccc1)c1ccccc1. The van der Waals surface area contributed by atoms with Crippen LogP contribution >= 0.6 is 0 Å². The molecule has 4 rings (SSSR count). The molecule has 1 atom stereocenters. The van der Waals surface area contributed by atoms with Crippen LogP contribution in [0.25, 0.3) is 0 Å². The van der Waals surface area contributed by atoms with Crippen molar-refractivity contribution in [3.8, 4) is 6.07 Å². The number of nitrogens with zero attached hydrogens (tertiary/aromatic N) is 1. The fraction of sp³-hybridized carbons (Fsp3) is 0.0385. The van der Waals surface area contributed by atoms with Crippen molar-refractivity contribution in [2.75, 3.05) is 0 Å². The predicted octanol–water partition coefficient (Wildman–Crippen LogP) is 3.04. The van der Waals surface area contributed by atoms with E-state index in [1.165, 1.54) is 17.5 Å². The standard InChI is InChI=1S/C26H21AsNSe/c28-21-26(29-25-19-11-4-12-20-25)27(22-13-5-1-6-14-22,23-15-7-2-8-16-23)24-17-9-3-10-18-24/h1-20,26H/q+1. The van der Waals surface area contributed by atoms with E-state index in [1.807, 2.05) is 6.07 Å². The van der Waals surface area contributed by atoms with Crippen molar-refractivity contribution in [2.45, 2.75) is 3.60 Å². The molecule has 0 heterocycles. The van der Waals surface area contributed by atoms with Crippen molar-refractivity contribution < 1.29 is 0 Å². The van der Waals surface area contributed by atoms with E-state index in [2.05, 4.69) is 121 Å². The van der Waals surface area contributed by atoms with Crippen molar-refractivity contribution in [1.29, 1.82) is 5.26 Å². The second-order valence-corrected chi connectivity index (χ2v) is 18.2. The molecule has 0 saturated heterocycles. The number of rotatable bonds is 6. The first kappa shape index (κ1) is 19.8. The maximum absolute atomic E-state index is 10.5. The van der Waals surface area contributed by atoms with E-state index < -0.39 is 13.6 Å². The molecule has 0 amide bonds. The van der Waals surface area contributed by atoms with Crippen molar-refractivity contribution in [2.24, 2.45) is 0 Å². The summed E-state index contributed by atoms with van der Waals surface area (Å²) in [6.07, 6.45) is 0. The number of hydrogen-bond donors (Lipinski definition) is 0. The van der Waals surface area contributed by atoms with E-state index in [4.69, 9.17) is 0 Å². The fourth-order valence-corrected chi connectivity index (χ4v) is 20.3. The van der Waals surface area contributed by atoms with Crippen molar-refractivity contribution in [3.05, 3.63) is 121 Å². The Hall–Kier alpha value is -2.55. The van der Waals surface area contributed by atoms with Crippen molar-refractivity contribution >= 4 is 46.0 Å². The molecule has 3 heteroatoms. The third-order valence-electron chi connectivity index (χ3n) is 4.94. The summed E-state index contributed by atoms with van der Waals surface area (Å²) in [6, 6.07) is 45.6. The molecule has 1 unspecified atom stereocenters. The molecule has 0 fully saturated rings. The van der Waals surface area contributed by atoms with Gasteiger partial charge in [0, 0.05) is 0 Å². The van der Waals surface area contributed by atoms with Crippen LogP contribution in [0.5, 0.6) is 0 Å². The molecule has 0 N–H and O–H groups in total. The molecular weight excluding hydrogens is 480 g/mol. The molecule has 140 valence electrons. The quantitative estimate of drug-likeness (QED) is 0.373. The molecule has 4 aromatic carbocycles. The van der Waals surface area contributed by atoms with Gasteiger partial charge < -0.3 is 0 Å². The summed E-state index contributed by atoms with van der Waals surface area (Å²) < 4.78 is 5.22. The van der Waals surface area contributed by atoms with Gasteiger partial charge in [0.2, 0.25) is 0 Å². The summed E-state index contributed by atoms with van der Waals surface area (Å²) >= 11 is -3.01. The minimum atomic E-state index is -3.05. The Morgan fingerprint density at radius 3 is 1.24 bits per heavy atom.